The van der Waals surface area contributed by atoms with Crippen molar-refractivity contribution in [1.82, 2.24) is 0 Å². The lowest BCUT2D eigenvalue weighted by atomic mass is 9.97. The van der Waals surface area contributed by atoms with Crippen LogP contribution < -0.4 is 14.2 Å². The van der Waals surface area contributed by atoms with Crippen LogP contribution in [-0.4, -0.2) is 20.8 Å². The van der Waals surface area contributed by atoms with Crippen LogP contribution >= 0.6 is 0 Å². The highest BCUT2D eigenvalue weighted by molar-refractivity contribution is 5.45. The molecule has 0 aliphatic carbocycles. The van der Waals surface area contributed by atoms with E-state index in [2.05, 4.69) is 6.07 Å². The lowest BCUT2D eigenvalue weighted by Crippen LogP contribution is -2.05. The molecule has 1 unspecified atom stereocenters. The summed E-state index contributed by atoms with van der Waals surface area (Å²) in [6.07, 6.45) is 0.611. The molecule has 4 nitrogen and oxygen atoms in total. The molecule has 2 aromatic carbocycles. The number of para-hydroxylation sites is 1. The zero-order chi connectivity index (χ0) is 16.7. The SMILES string of the molecule is COc1ccc(C(C#N)CCOc2ccccc2C)cc1OC. The van der Waals surface area contributed by atoms with Crippen molar-refractivity contribution in [2.24, 2.45) is 0 Å². The fourth-order valence-electron chi connectivity index (χ4n) is 2.38. The Labute approximate surface area is 137 Å². The summed E-state index contributed by atoms with van der Waals surface area (Å²) in [4.78, 5) is 0. The minimum Gasteiger partial charge on any atom is -0.493 e. The zero-order valence-electron chi connectivity index (χ0n) is 13.7. The molecule has 0 saturated heterocycles. The van der Waals surface area contributed by atoms with Gasteiger partial charge in [0.05, 0.1) is 32.8 Å². The molecule has 23 heavy (non-hydrogen) atoms. The van der Waals surface area contributed by atoms with E-state index >= 15 is 0 Å². The molecule has 0 aliphatic heterocycles. The minimum absolute atomic E-state index is 0.251. The number of benzene rings is 2. The molecule has 0 bridgehead atoms. The van der Waals surface area contributed by atoms with Crippen LogP contribution in [0, 0.1) is 18.3 Å². The molecular formula is C19H21NO3. The average Bonchev–Trinajstić information content (AvgIpc) is 2.59. The van der Waals surface area contributed by atoms with Gasteiger partial charge in [0.2, 0.25) is 0 Å². The number of rotatable bonds is 7. The monoisotopic (exact) mass is 311 g/mol. The van der Waals surface area contributed by atoms with Gasteiger partial charge >= 0.3 is 0 Å². The van der Waals surface area contributed by atoms with Crippen LogP contribution in [0.15, 0.2) is 42.5 Å². The molecule has 1 atom stereocenters. The molecule has 0 saturated carbocycles. The molecule has 0 amide bonds. The van der Waals surface area contributed by atoms with Crippen LogP contribution in [-0.2, 0) is 0 Å². The van der Waals surface area contributed by atoms with Crippen molar-refractivity contribution in [1.29, 1.82) is 5.26 Å². The molecule has 2 rings (SSSR count). The van der Waals surface area contributed by atoms with Gasteiger partial charge in [-0.05, 0) is 36.2 Å². The first-order valence-corrected chi connectivity index (χ1v) is 7.49. The first-order valence-electron chi connectivity index (χ1n) is 7.49. The number of methoxy groups -OCH3 is 2. The summed E-state index contributed by atoms with van der Waals surface area (Å²) in [6, 6.07) is 15.8. The number of hydrogen-bond donors (Lipinski definition) is 0. The van der Waals surface area contributed by atoms with Gasteiger partial charge in [0, 0.05) is 6.42 Å². The molecule has 4 heteroatoms. The maximum atomic E-state index is 9.44. The molecular weight excluding hydrogens is 290 g/mol. The van der Waals surface area contributed by atoms with Crippen LogP contribution in [0.25, 0.3) is 0 Å². The van der Waals surface area contributed by atoms with Gasteiger partial charge < -0.3 is 14.2 Å². The van der Waals surface area contributed by atoms with Crippen LogP contribution in [0.1, 0.15) is 23.5 Å². The molecule has 0 radical (unpaired) electrons. The van der Waals surface area contributed by atoms with Gasteiger partial charge in [0.15, 0.2) is 11.5 Å². The number of nitriles is 1. The third kappa shape index (κ3) is 4.17. The van der Waals surface area contributed by atoms with Gasteiger partial charge in [-0.25, -0.2) is 0 Å². The third-order valence-corrected chi connectivity index (χ3v) is 3.72. The lowest BCUT2D eigenvalue weighted by Gasteiger charge is -2.14. The molecule has 0 aromatic heterocycles. The molecule has 2 aromatic rings. The summed E-state index contributed by atoms with van der Waals surface area (Å²) < 4.78 is 16.3. The minimum atomic E-state index is -0.251. The van der Waals surface area contributed by atoms with Crippen molar-refractivity contribution in [3.05, 3.63) is 53.6 Å². The third-order valence-electron chi connectivity index (χ3n) is 3.72. The molecule has 0 fully saturated rings. The largest absolute Gasteiger partial charge is 0.493 e. The van der Waals surface area contributed by atoms with E-state index in [4.69, 9.17) is 14.2 Å². The highest BCUT2D eigenvalue weighted by Gasteiger charge is 2.14. The van der Waals surface area contributed by atoms with Crippen molar-refractivity contribution in [3.8, 4) is 23.3 Å². The normalized spacial score (nSPS) is 11.4. The predicted octanol–water partition coefficient (Wildman–Crippen LogP) is 4.09. The van der Waals surface area contributed by atoms with Gasteiger partial charge in [-0.15, -0.1) is 0 Å². The van der Waals surface area contributed by atoms with E-state index < -0.39 is 0 Å². The summed E-state index contributed by atoms with van der Waals surface area (Å²) in [7, 11) is 3.18. The summed E-state index contributed by atoms with van der Waals surface area (Å²) in [5.74, 6) is 1.89. The van der Waals surface area contributed by atoms with E-state index in [1.54, 1.807) is 14.2 Å². The van der Waals surface area contributed by atoms with Crippen molar-refractivity contribution >= 4 is 0 Å². The Bertz CT molecular complexity index is 691. The molecule has 120 valence electrons. The molecule has 0 spiro atoms. The Kier molecular flexibility index (Phi) is 5.87. The summed E-state index contributed by atoms with van der Waals surface area (Å²) in [6.45, 7) is 2.49. The molecule has 0 N–H and O–H groups in total. The Hall–Kier alpha value is -2.67. The highest BCUT2D eigenvalue weighted by atomic mass is 16.5. The second kappa shape index (κ2) is 8.09. The van der Waals surface area contributed by atoms with E-state index in [-0.39, 0.29) is 5.92 Å². The summed E-state index contributed by atoms with van der Waals surface area (Å²) in [5.41, 5.74) is 1.99. The highest BCUT2D eigenvalue weighted by Crippen LogP contribution is 2.31. The van der Waals surface area contributed by atoms with Gasteiger partial charge in [-0.3, -0.25) is 0 Å². The predicted molar refractivity (Wildman–Crippen MR) is 89.2 cm³/mol. The Morgan fingerprint density at radius 1 is 1.00 bits per heavy atom. The molecule has 0 heterocycles. The summed E-state index contributed by atoms with van der Waals surface area (Å²) >= 11 is 0. The van der Waals surface area contributed by atoms with Gasteiger partial charge in [0.1, 0.15) is 5.75 Å². The van der Waals surface area contributed by atoms with Crippen LogP contribution in [0.5, 0.6) is 17.2 Å². The van der Waals surface area contributed by atoms with E-state index in [9.17, 15) is 5.26 Å². The van der Waals surface area contributed by atoms with Gasteiger partial charge in [-0.1, -0.05) is 24.3 Å². The van der Waals surface area contributed by atoms with Gasteiger partial charge in [0.25, 0.3) is 0 Å². The Morgan fingerprint density at radius 2 is 1.74 bits per heavy atom. The zero-order valence-corrected chi connectivity index (χ0v) is 13.7. The van der Waals surface area contributed by atoms with E-state index in [1.807, 2.05) is 49.4 Å². The smallest absolute Gasteiger partial charge is 0.161 e. The van der Waals surface area contributed by atoms with Crippen molar-refractivity contribution in [3.63, 3.8) is 0 Å². The van der Waals surface area contributed by atoms with Crippen molar-refractivity contribution in [2.45, 2.75) is 19.3 Å². The van der Waals surface area contributed by atoms with Crippen molar-refractivity contribution in [2.75, 3.05) is 20.8 Å². The van der Waals surface area contributed by atoms with Gasteiger partial charge in [-0.2, -0.15) is 5.26 Å². The fraction of sp³-hybridized carbons (Fsp3) is 0.316. The number of ether oxygens (including phenoxy) is 3. The quantitative estimate of drug-likeness (QED) is 0.773. The fourth-order valence-corrected chi connectivity index (χ4v) is 2.38. The lowest BCUT2D eigenvalue weighted by molar-refractivity contribution is 0.303. The van der Waals surface area contributed by atoms with E-state index in [0.717, 1.165) is 16.9 Å². The first-order chi connectivity index (χ1) is 11.2. The number of nitrogens with zero attached hydrogens (tertiary/aromatic N) is 1. The van der Waals surface area contributed by atoms with Crippen LogP contribution in [0.4, 0.5) is 0 Å². The van der Waals surface area contributed by atoms with E-state index in [1.165, 1.54) is 0 Å². The molecule has 0 aliphatic rings. The second-order valence-corrected chi connectivity index (χ2v) is 5.20. The average molecular weight is 311 g/mol. The number of aryl methyl sites for hydroxylation is 1. The van der Waals surface area contributed by atoms with Crippen LogP contribution in [0.2, 0.25) is 0 Å². The Morgan fingerprint density at radius 3 is 2.39 bits per heavy atom. The topological polar surface area (TPSA) is 51.5 Å². The maximum absolute atomic E-state index is 9.44. The standard InChI is InChI=1S/C19H21NO3/c1-14-6-4-5-7-17(14)23-11-10-16(13-20)15-8-9-18(21-2)19(12-15)22-3/h4-9,12,16H,10-11H2,1-3H3. The van der Waals surface area contributed by atoms with E-state index in [0.29, 0.717) is 24.5 Å². The maximum Gasteiger partial charge on any atom is 0.161 e. The Balaban J connectivity index is 2.03. The van der Waals surface area contributed by atoms with Crippen LogP contribution in [0.3, 0.4) is 0 Å². The first kappa shape index (κ1) is 16.7. The number of hydrogen-bond acceptors (Lipinski definition) is 4. The second-order valence-electron chi connectivity index (χ2n) is 5.20. The summed E-state index contributed by atoms with van der Waals surface area (Å²) in [5, 5.41) is 9.44. The van der Waals surface area contributed by atoms with Crippen molar-refractivity contribution < 1.29 is 14.2 Å².